The van der Waals surface area contributed by atoms with Crippen LogP contribution in [0.2, 0.25) is 0 Å². The lowest BCUT2D eigenvalue weighted by Gasteiger charge is -2.23. The first-order chi connectivity index (χ1) is 13.5. The van der Waals surface area contributed by atoms with E-state index in [4.69, 9.17) is 5.26 Å². The van der Waals surface area contributed by atoms with E-state index in [0.717, 1.165) is 28.9 Å². The van der Waals surface area contributed by atoms with Crippen molar-refractivity contribution >= 4 is 17.9 Å². The summed E-state index contributed by atoms with van der Waals surface area (Å²) in [6, 6.07) is 15.7. The second-order valence-electron chi connectivity index (χ2n) is 6.82. The minimum atomic E-state index is -0.0547. The topological polar surface area (TPSA) is 59.7 Å². The third-order valence-corrected chi connectivity index (χ3v) is 4.88. The summed E-state index contributed by atoms with van der Waals surface area (Å²) in [6.07, 6.45) is 2.11. The molecule has 28 heavy (non-hydrogen) atoms. The van der Waals surface area contributed by atoms with Gasteiger partial charge in [-0.05, 0) is 49.6 Å². The van der Waals surface area contributed by atoms with E-state index in [-0.39, 0.29) is 5.91 Å². The fourth-order valence-electron chi connectivity index (χ4n) is 2.83. The zero-order valence-electron chi connectivity index (χ0n) is 17.1. The van der Waals surface area contributed by atoms with Crippen molar-refractivity contribution in [1.29, 1.82) is 5.26 Å². The summed E-state index contributed by atoms with van der Waals surface area (Å²) in [6.45, 7) is 7.78. The van der Waals surface area contributed by atoms with E-state index in [1.807, 2.05) is 68.3 Å². The van der Waals surface area contributed by atoms with Crippen LogP contribution in [-0.4, -0.2) is 42.2 Å². The van der Waals surface area contributed by atoms with Crippen LogP contribution < -0.4 is 0 Å². The molecule has 2 aromatic carbocycles. The molecule has 5 heteroatoms. The lowest BCUT2D eigenvalue weighted by molar-refractivity contribution is 0.0746. The number of benzene rings is 2. The van der Waals surface area contributed by atoms with Gasteiger partial charge in [-0.2, -0.15) is 5.26 Å². The molecule has 0 aliphatic rings. The van der Waals surface area contributed by atoms with Gasteiger partial charge in [0.15, 0.2) is 0 Å². The number of hydrogen-bond acceptors (Lipinski definition) is 3. The van der Waals surface area contributed by atoms with Crippen LogP contribution >= 0.6 is 0 Å². The highest BCUT2D eigenvalue weighted by atomic mass is 16.2. The molecule has 0 aromatic heterocycles. The zero-order chi connectivity index (χ0) is 20.5. The van der Waals surface area contributed by atoms with Gasteiger partial charge in [-0.25, -0.2) is 4.99 Å². The Balaban J connectivity index is 2.29. The first kappa shape index (κ1) is 21.2. The van der Waals surface area contributed by atoms with Crippen molar-refractivity contribution in [2.75, 3.05) is 20.1 Å². The van der Waals surface area contributed by atoms with Gasteiger partial charge in [0.25, 0.3) is 5.91 Å². The zero-order valence-corrected chi connectivity index (χ0v) is 17.1. The highest BCUT2D eigenvalue weighted by Crippen LogP contribution is 2.26. The van der Waals surface area contributed by atoms with Gasteiger partial charge in [0, 0.05) is 32.2 Å². The molecule has 0 aliphatic carbocycles. The fraction of sp³-hybridized carbons (Fsp3) is 0.348. The van der Waals surface area contributed by atoms with Crippen molar-refractivity contribution in [3.05, 3.63) is 64.7 Å². The average molecular weight is 377 g/mol. The minimum Gasteiger partial charge on any atom is -0.366 e. The van der Waals surface area contributed by atoms with Crippen molar-refractivity contribution in [1.82, 2.24) is 9.80 Å². The molecule has 1 amide bonds. The van der Waals surface area contributed by atoms with E-state index in [0.29, 0.717) is 25.1 Å². The Morgan fingerprint density at radius 3 is 2.50 bits per heavy atom. The van der Waals surface area contributed by atoms with Gasteiger partial charge in [0.2, 0.25) is 0 Å². The Hall–Kier alpha value is -3.13. The Morgan fingerprint density at radius 2 is 1.86 bits per heavy atom. The van der Waals surface area contributed by atoms with Gasteiger partial charge in [-0.3, -0.25) is 4.79 Å². The maximum atomic E-state index is 13.2. The predicted molar refractivity (Wildman–Crippen MR) is 114 cm³/mol. The fourth-order valence-corrected chi connectivity index (χ4v) is 2.83. The summed E-state index contributed by atoms with van der Waals surface area (Å²) in [5, 5.41) is 8.99. The first-order valence-electron chi connectivity index (χ1n) is 9.52. The number of aliphatic imine (C=N–C) groups is 1. The Kier molecular flexibility index (Phi) is 7.76. The summed E-state index contributed by atoms with van der Waals surface area (Å²) in [4.78, 5) is 21.5. The van der Waals surface area contributed by atoms with Crippen molar-refractivity contribution in [2.24, 2.45) is 4.99 Å². The van der Waals surface area contributed by atoms with Crippen LogP contribution in [0.5, 0.6) is 0 Å². The molecular formula is C23H28N4O. The molecule has 0 atom stereocenters. The molecule has 0 aliphatic heterocycles. The molecule has 0 spiro atoms. The van der Waals surface area contributed by atoms with Crippen molar-refractivity contribution in [3.63, 3.8) is 0 Å². The van der Waals surface area contributed by atoms with Gasteiger partial charge in [-0.1, -0.05) is 30.3 Å². The highest BCUT2D eigenvalue weighted by molar-refractivity contribution is 5.96. The van der Waals surface area contributed by atoms with E-state index >= 15 is 0 Å². The molecule has 0 heterocycles. The van der Waals surface area contributed by atoms with Crippen molar-refractivity contribution < 1.29 is 4.79 Å². The second kappa shape index (κ2) is 10.3. The third-order valence-electron chi connectivity index (χ3n) is 4.88. The summed E-state index contributed by atoms with van der Waals surface area (Å²) in [5.41, 5.74) is 4.49. The quantitative estimate of drug-likeness (QED) is 0.504. The molecule has 146 valence electrons. The van der Waals surface area contributed by atoms with Crippen LogP contribution in [0.1, 0.15) is 40.4 Å². The Bertz CT molecular complexity index is 868. The number of hydrogen-bond donors (Lipinski definition) is 0. The molecule has 0 radical (unpaired) electrons. The maximum absolute atomic E-state index is 13.2. The molecule has 2 aromatic rings. The molecule has 0 fully saturated rings. The van der Waals surface area contributed by atoms with Crippen LogP contribution in [0.15, 0.2) is 47.5 Å². The lowest BCUT2D eigenvalue weighted by atomic mass is 10.00. The molecule has 0 saturated carbocycles. The number of nitrogens with zero attached hydrogens (tertiary/aromatic N) is 4. The van der Waals surface area contributed by atoms with E-state index < -0.39 is 0 Å². The van der Waals surface area contributed by atoms with E-state index in [2.05, 4.69) is 18.0 Å². The van der Waals surface area contributed by atoms with Gasteiger partial charge in [0.05, 0.1) is 24.5 Å². The van der Waals surface area contributed by atoms with Crippen LogP contribution in [0.4, 0.5) is 5.69 Å². The molecule has 2 rings (SSSR count). The van der Waals surface area contributed by atoms with E-state index in [1.165, 1.54) is 0 Å². The summed E-state index contributed by atoms with van der Waals surface area (Å²) >= 11 is 0. The SMILES string of the molecule is CCN(C)C=Nc1ccc(C(=O)N(CCC#N)Cc2ccccc2)c(C)c1C. The molecule has 0 unspecified atom stereocenters. The molecule has 5 nitrogen and oxygen atoms in total. The number of carbonyl (C=O) groups is 1. The van der Waals surface area contributed by atoms with Gasteiger partial charge < -0.3 is 9.80 Å². The normalized spacial score (nSPS) is 10.7. The van der Waals surface area contributed by atoms with E-state index in [1.54, 1.807) is 11.2 Å². The lowest BCUT2D eigenvalue weighted by Crippen LogP contribution is -2.32. The molecule has 0 bridgehead atoms. The van der Waals surface area contributed by atoms with Gasteiger partial charge in [-0.15, -0.1) is 0 Å². The monoisotopic (exact) mass is 376 g/mol. The second-order valence-corrected chi connectivity index (χ2v) is 6.82. The van der Waals surface area contributed by atoms with Crippen LogP contribution in [0.25, 0.3) is 0 Å². The predicted octanol–water partition coefficient (Wildman–Crippen LogP) is 4.47. The van der Waals surface area contributed by atoms with E-state index in [9.17, 15) is 4.79 Å². The smallest absolute Gasteiger partial charge is 0.254 e. The maximum Gasteiger partial charge on any atom is 0.254 e. The molecule has 0 N–H and O–H groups in total. The van der Waals surface area contributed by atoms with Gasteiger partial charge >= 0.3 is 0 Å². The Labute approximate surface area is 167 Å². The third kappa shape index (κ3) is 5.43. The summed E-state index contributed by atoms with van der Waals surface area (Å²) in [7, 11) is 1.97. The number of rotatable bonds is 8. The average Bonchev–Trinajstić information content (AvgIpc) is 2.72. The van der Waals surface area contributed by atoms with Crippen LogP contribution in [0.3, 0.4) is 0 Å². The number of nitriles is 1. The number of amides is 1. The standard InChI is InChI=1S/C23H28N4O/c1-5-26(4)17-25-22-13-12-21(18(2)19(22)3)23(28)27(15-9-14-24)16-20-10-7-6-8-11-20/h6-8,10-13,17H,5,9,15-16H2,1-4H3. The minimum absolute atomic E-state index is 0.0547. The number of carbonyl (C=O) groups excluding carboxylic acids is 1. The van der Waals surface area contributed by atoms with Crippen LogP contribution in [0, 0.1) is 25.2 Å². The van der Waals surface area contributed by atoms with Gasteiger partial charge in [0.1, 0.15) is 0 Å². The van der Waals surface area contributed by atoms with Crippen molar-refractivity contribution in [2.45, 2.75) is 33.7 Å². The molecule has 0 saturated heterocycles. The Morgan fingerprint density at radius 1 is 1.14 bits per heavy atom. The molecular weight excluding hydrogens is 348 g/mol. The highest BCUT2D eigenvalue weighted by Gasteiger charge is 2.19. The van der Waals surface area contributed by atoms with Crippen molar-refractivity contribution in [3.8, 4) is 6.07 Å². The van der Waals surface area contributed by atoms with Crippen LogP contribution in [-0.2, 0) is 6.54 Å². The summed E-state index contributed by atoms with van der Waals surface area (Å²) < 4.78 is 0. The summed E-state index contributed by atoms with van der Waals surface area (Å²) in [5.74, 6) is -0.0547. The largest absolute Gasteiger partial charge is 0.366 e. The first-order valence-corrected chi connectivity index (χ1v) is 9.52.